The van der Waals surface area contributed by atoms with Crippen LogP contribution in [0.5, 0.6) is 11.5 Å². The maximum atomic E-state index is 11.8. The molecule has 0 fully saturated rings. The van der Waals surface area contributed by atoms with E-state index in [1.54, 1.807) is 48.8 Å². The van der Waals surface area contributed by atoms with Crippen LogP contribution in [0.25, 0.3) is 11.1 Å². The van der Waals surface area contributed by atoms with Gasteiger partial charge >= 0.3 is 0 Å². The van der Waals surface area contributed by atoms with Gasteiger partial charge < -0.3 is 4.74 Å². The molecule has 0 amide bonds. The van der Waals surface area contributed by atoms with E-state index in [1.807, 2.05) is 6.07 Å². The van der Waals surface area contributed by atoms with Gasteiger partial charge in [-0.15, -0.1) is 0 Å². The molecule has 3 aromatic rings. The first-order valence-corrected chi connectivity index (χ1v) is 7.98. The summed E-state index contributed by atoms with van der Waals surface area (Å²) in [6.45, 7) is 0. The molecule has 112 valence electrons. The molecule has 1 heterocycles. The quantitative estimate of drug-likeness (QED) is 0.773. The molecule has 3 N–H and O–H groups in total. The third-order valence-electron chi connectivity index (χ3n) is 3.06. The maximum Gasteiger partial charge on any atom is 0.241 e. The van der Waals surface area contributed by atoms with E-state index in [0.29, 0.717) is 16.9 Å². The van der Waals surface area contributed by atoms with Gasteiger partial charge in [-0.25, -0.2) is 13.6 Å². The Balaban J connectivity index is 2.20. The van der Waals surface area contributed by atoms with E-state index in [2.05, 4.69) is 10.2 Å². The number of aromatic amines is 1. The standard InChI is InChI=1S/C15H13N3O3S/c16-22(19,20)14-8-4-7-13(11-9-17-18-10-11)15(14)21-12-5-2-1-3-6-12/h1-10H,(H,17,18)(H2,16,19,20). The highest BCUT2D eigenvalue weighted by Crippen LogP contribution is 2.37. The predicted octanol–water partition coefficient (Wildman–Crippen LogP) is 2.52. The summed E-state index contributed by atoms with van der Waals surface area (Å²) in [5, 5.41) is 11.9. The fourth-order valence-corrected chi connectivity index (χ4v) is 2.76. The second-order valence-electron chi connectivity index (χ2n) is 4.58. The van der Waals surface area contributed by atoms with Crippen LogP contribution in [-0.4, -0.2) is 18.6 Å². The third kappa shape index (κ3) is 2.85. The van der Waals surface area contributed by atoms with Crippen molar-refractivity contribution in [3.05, 3.63) is 60.9 Å². The molecule has 2 aromatic carbocycles. The molecule has 22 heavy (non-hydrogen) atoms. The average molecular weight is 315 g/mol. The van der Waals surface area contributed by atoms with Crippen molar-refractivity contribution >= 4 is 10.0 Å². The van der Waals surface area contributed by atoms with E-state index in [0.717, 1.165) is 0 Å². The lowest BCUT2D eigenvalue weighted by atomic mass is 10.1. The lowest BCUT2D eigenvalue weighted by Gasteiger charge is -2.13. The molecule has 0 aliphatic rings. The fourth-order valence-electron chi connectivity index (χ4n) is 2.08. The predicted molar refractivity (Wildman–Crippen MR) is 81.9 cm³/mol. The van der Waals surface area contributed by atoms with Gasteiger partial charge in [0.2, 0.25) is 10.0 Å². The lowest BCUT2D eigenvalue weighted by Crippen LogP contribution is -2.13. The van der Waals surface area contributed by atoms with Crippen LogP contribution in [0.1, 0.15) is 0 Å². The number of nitrogens with one attached hydrogen (secondary N) is 1. The number of sulfonamides is 1. The van der Waals surface area contributed by atoms with Crippen molar-refractivity contribution in [3.63, 3.8) is 0 Å². The number of H-pyrrole nitrogens is 1. The Morgan fingerprint density at radius 1 is 1.05 bits per heavy atom. The zero-order valence-corrected chi connectivity index (χ0v) is 12.2. The van der Waals surface area contributed by atoms with Gasteiger partial charge in [-0.05, 0) is 18.2 Å². The van der Waals surface area contributed by atoms with Gasteiger partial charge in [-0.2, -0.15) is 5.10 Å². The Kier molecular flexibility index (Phi) is 3.66. The van der Waals surface area contributed by atoms with Crippen LogP contribution in [0, 0.1) is 0 Å². The van der Waals surface area contributed by atoms with Crippen molar-refractivity contribution in [2.75, 3.05) is 0 Å². The third-order valence-corrected chi connectivity index (χ3v) is 3.99. The summed E-state index contributed by atoms with van der Waals surface area (Å²) in [7, 11) is -3.92. The van der Waals surface area contributed by atoms with E-state index in [9.17, 15) is 8.42 Å². The van der Waals surface area contributed by atoms with Crippen LogP contribution >= 0.6 is 0 Å². The Labute approximate surface area is 127 Å². The molecule has 0 aliphatic heterocycles. The molecule has 0 bridgehead atoms. The number of aromatic nitrogens is 2. The van der Waals surface area contributed by atoms with Gasteiger partial charge in [0.25, 0.3) is 0 Å². The highest BCUT2D eigenvalue weighted by molar-refractivity contribution is 7.89. The van der Waals surface area contributed by atoms with E-state index >= 15 is 0 Å². The molecule has 6 nitrogen and oxygen atoms in total. The summed E-state index contributed by atoms with van der Waals surface area (Å²) in [6, 6.07) is 13.7. The molecular formula is C15H13N3O3S. The van der Waals surface area contributed by atoms with Crippen molar-refractivity contribution in [1.82, 2.24) is 10.2 Å². The normalized spacial score (nSPS) is 11.3. The van der Waals surface area contributed by atoms with Crippen LogP contribution in [0.4, 0.5) is 0 Å². The average Bonchev–Trinajstić information content (AvgIpc) is 3.01. The molecule has 0 atom stereocenters. The number of para-hydroxylation sites is 2. The second-order valence-corrected chi connectivity index (χ2v) is 6.11. The van der Waals surface area contributed by atoms with E-state index < -0.39 is 10.0 Å². The Bertz CT molecular complexity index is 876. The molecule has 0 radical (unpaired) electrons. The molecule has 0 aliphatic carbocycles. The van der Waals surface area contributed by atoms with Gasteiger partial charge in [0.1, 0.15) is 10.6 Å². The Hall–Kier alpha value is -2.64. The van der Waals surface area contributed by atoms with Gasteiger partial charge in [0, 0.05) is 17.3 Å². The number of benzene rings is 2. The first-order valence-electron chi connectivity index (χ1n) is 6.43. The van der Waals surface area contributed by atoms with Crippen LogP contribution in [0.2, 0.25) is 0 Å². The monoisotopic (exact) mass is 315 g/mol. The Morgan fingerprint density at radius 2 is 1.82 bits per heavy atom. The minimum atomic E-state index is -3.92. The summed E-state index contributed by atoms with van der Waals surface area (Å²) >= 11 is 0. The number of nitrogens with two attached hydrogens (primary N) is 1. The second kappa shape index (κ2) is 5.63. The lowest BCUT2D eigenvalue weighted by molar-refractivity contribution is 0.469. The van der Waals surface area contributed by atoms with Crippen molar-refractivity contribution in [2.45, 2.75) is 4.90 Å². The number of rotatable bonds is 4. The van der Waals surface area contributed by atoms with Gasteiger partial charge in [0.15, 0.2) is 5.75 Å². The SMILES string of the molecule is NS(=O)(=O)c1cccc(-c2cn[nH]c2)c1Oc1ccccc1. The Morgan fingerprint density at radius 3 is 2.45 bits per heavy atom. The van der Waals surface area contributed by atoms with E-state index in [4.69, 9.17) is 9.88 Å². The number of hydrogen-bond acceptors (Lipinski definition) is 4. The summed E-state index contributed by atoms with van der Waals surface area (Å²) < 4.78 is 29.5. The van der Waals surface area contributed by atoms with Crippen LogP contribution in [0.3, 0.4) is 0 Å². The number of primary sulfonamides is 1. The van der Waals surface area contributed by atoms with Gasteiger partial charge in [-0.1, -0.05) is 30.3 Å². The molecule has 0 saturated carbocycles. The molecule has 7 heteroatoms. The highest BCUT2D eigenvalue weighted by Gasteiger charge is 2.20. The van der Waals surface area contributed by atoms with Crippen LogP contribution < -0.4 is 9.88 Å². The minimum absolute atomic E-state index is 0.0740. The van der Waals surface area contributed by atoms with Crippen molar-refractivity contribution in [3.8, 4) is 22.6 Å². The largest absolute Gasteiger partial charge is 0.455 e. The smallest absolute Gasteiger partial charge is 0.241 e. The molecular weight excluding hydrogens is 302 g/mol. The van der Waals surface area contributed by atoms with Crippen molar-refractivity contribution < 1.29 is 13.2 Å². The summed E-state index contributed by atoms with van der Waals surface area (Å²) in [5.41, 5.74) is 1.29. The topological polar surface area (TPSA) is 98.1 Å². The first kappa shape index (κ1) is 14.3. The van der Waals surface area contributed by atoms with E-state index in [-0.39, 0.29) is 10.6 Å². The summed E-state index contributed by atoms with van der Waals surface area (Å²) in [4.78, 5) is -0.0740. The minimum Gasteiger partial charge on any atom is -0.455 e. The number of ether oxygens (including phenoxy) is 1. The first-order chi connectivity index (χ1) is 10.6. The number of hydrogen-bond donors (Lipinski definition) is 2. The zero-order valence-electron chi connectivity index (χ0n) is 11.4. The molecule has 3 rings (SSSR count). The van der Waals surface area contributed by atoms with Gasteiger partial charge in [-0.3, -0.25) is 5.10 Å². The van der Waals surface area contributed by atoms with Crippen molar-refractivity contribution in [1.29, 1.82) is 0 Å². The molecule has 0 unspecified atom stereocenters. The molecule has 0 spiro atoms. The van der Waals surface area contributed by atoms with E-state index in [1.165, 1.54) is 6.07 Å². The summed E-state index contributed by atoms with van der Waals surface area (Å²) in [6.07, 6.45) is 3.24. The maximum absolute atomic E-state index is 11.8. The van der Waals surface area contributed by atoms with Gasteiger partial charge in [0.05, 0.1) is 6.20 Å². The highest BCUT2D eigenvalue weighted by atomic mass is 32.2. The van der Waals surface area contributed by atoms with Crippen LogP contribution in [-0.2, 0) is 10.0 Å². The van der Waals surface area contributed by atoms with Crippen molar-refractivity contribution in [2.24, 2.45) is 5.14 Å². The summed E-state index contributed by atoms with van der Waals surface area (Å²) in [5.74, 6) is 0.695. The zero-order chi connectivity index (χ0) is 15.6. The molecule has 1 aromatic heterocycles. The number of nitrogens with zero attached hydrogens (tertiary/aromatic N) is 1. The fraction of sp³-hybridized carbons (Fsp3) is 0. The van der Waals surface area contributed by atoms with Crippen LogP contribution in [0.15, 0.2) is 65.8 Å². The molecule has 0 saturated heterocycles.